The first-order valence-electron chi connectivity index (χ1n) is 6.65. The predicted molar refractivity (Wildman–Crippen MR) is 82.1 cm³/mol. The molecule has 0 unspecified atom stereocenters. The fourth-order valence-corrected chi connectivity index (χ4v) is 2.26. The SMILES string of the molecule is O=C(O)CC(C(=O)O)=C(c1cccc(O)c1)c1cccc(O)c1. The molecule has 0 heterocycles. The lowest BCUT2D eigenvalue weighted by Crippen LogP contribution is -2.10. The molecular weight excluding hydrogens is 300 g/mol. The van der Waals surface area contributed by atoms with Crippen molar-refractivity contribution in [2.24, 2.45) is 0 Å². The molecule has 6 heteroatoms. The van der Waals surface area contributed by atoms with Gasteiger partial charge in [-0.25, -0.2) is 4.79 Å². The third-order valence-electron chi connectivity index (χ3n) is 3.16. The first-order valence-corrected chi connectivity index (χ1v) is 6.65. The van der Waals surface area contributed by atoms with Gasteiger partial charge in [-0.2, -0.15) is 0 Å². The van der Waals surface area contributed by atoms with Gasteiger partial charge in [-0.1, -0.05) is 24.3 Å². The monoisotopic (exact) mass is 314 g/mol. The van der Waals surface area contributed by atoms with E-state index in [2.05, 4.69) is 0 Å². The maximum atomic E-state index is 11.5. The minimum atomic E-state index is -1.38. The molecule has 0 radical (unpaired) electrons. The summed E-state index contributed by atoms with van der Waals surface area (Å²) in [5.41, 5.74) is 0.476. The Hall–Kier alpha value is -3.28. The van der Waals surface area contributed by atoms with E-state index in [1.165, 1.54) is 36.4 Å². The van der Waals surface area contributed by atoms with Gasteiger partial charge in [0.25, 0.3) is 0 Å². The predicted octanol–water partition coefficient (Wildman–Crippen LogP) is 2.46. The van der Waals surface area contributed by atoms with Crippen molar-refractivity contribution in [2.75, 3.05) is 0 Å². The van der Waals surface area contributed by atoms with Gasteiger partial charge in [0.15, 0.2) is 0 Å². The molecule has 4 N–H and O–H groups in total. The van der Waals surface area contributed by atoms with E-state index < -0.39 is 18.4 Å². The van der Waals surface area contributed by atoms with Crippen LogP contribution in [0.3, 0.4) is 0 Å². The second-order valence-corrected chi connectivity index (χ2v) is 4.83. The van der Waals surface area contributed by atoms with Crippen LogP contribution in [0.5, 0.6) is 11.5 Å². The van der Waals surface area contributed by atoms with Crippen molar-refractivity contribution >= 4 is 17.5 Å². The lowest BCUT2D eigenvalue weighted by Gasteiger charge is -2.13. The van der Waals surface area contributed by atoms with Crippen LogP contribution in [0, 0.1) is 0 Å². The molecule has 0 aliphatic carbocycles. The number of carboxylic acid groups (broad SMARTS) is 2. The molecule has 0 aromatic heterocycles. The van der Waals surface area contributed by atoms with E-state index in [4.69, 9.17) is 5.11 Å². The number of benzene rings is 2. The van der Waals surface area contributed by atoms with Crippen molar-refractivity contribution in [3.05, 3.63) is 65.2 Å². The molecular formula is C17H14O6. The first kappa shape index (κ1) is 16.1. The Kier molecular flexibility index (Phi) is 4.66. The lowest BCUT2D eigenvalue weighted by molar-refractivity contribution is -0.139. The molecule has 0 spiro atoms. The van der Waals surface area contributed by atoms with E-state index >= 15 is 0 Å². The van der Waals surface area contributed by atoms with Crippen molar-refractivity contribution in [1.29, 1.82) is 0 Å². The van der Waals surface area contributed by atoms with Gasteiger partial charge in [0.1, 0.15) is 11.5 Å². The average Bonchev–Trinajstić information content (AvgIpc) is 2.46. The van der Waals surface area contributed by atoms with E-state index in [-0.39, 0.29) is 22.6 Å². The van der Waals surface area contributed by atoms with Gasteiger partial charge in [0.05, 0.1) is 12.0 Å². The van der Waals surface area contributed by atoms with Gasteiger partial charge in [-0.15, -0.1) is 0 Å². The number of phenols is 2. The van der Waals surface area contributed by atoms with Gasteiger partial charge < -0.3 is 20.4 Å². The van der Waals surface area contributed by atoms with Crippen LogP contribution in [-0.2, 0) is 9.59 Å². The smallest absolute Gasteiger partial charge is 0.332 e. The number of carboxylic acids is 2. The largest absolute Gasteiger partial charge is 0.508 e. The number of hydrogen-bond acceptors (Lipinski definition) is 4. The summed E-state index contributed by atoms with van der Waals surface area (Å²) in [5, 5.41) is 37.7. The minimum absolute atomic E-state index is 0.0831. The van der Waals surface area contributed by atoms with Gasteiger partial charge in [-0.05, 0) is 35.4 Å². The second-order valence-electron chi connectivity index (χ2n) is 4.83. The molecule has 0 saturated heterocycles. The highest BCUT2D eigenvalue weighted by molar-refractivity contribution is 6.04. The van der Waals surface area contributed by atoms with Crippen LogP contribution in [0.25, 0.3) is 5.57 Å². The molecule has 2 aromatic rings. The molecule has 0 bridgehead atoms. The zero-order chi connectivity index (χ0) is 17.0. The standard InChI is InChI=1S/C17H14O6/c18-12-5-1-3-10(7-12)16(11-4-2-6-13(19)8-11)14(17(22)23)9-15(20)21/h1-8,18-19H,9H2,(H,20,21)(H,22,23). The van der Waals surface area contributed by atoms with Gasteiger partial charge in [0.2, 0.25) is 0 Å². The summed E-state index contributed by atoms with van der Waals surface area (Å²) in [7, 11) is 0. The van der Waals surface area contributed by atoms with E-state index in [1.807, 2.05) is 0 Å². The highest BCUT2D eigenvalue weighted by atomic mass is 16.4. The zero-order valence-electron chi connectivity index (χ0n) is 11.9. The summed E-state index contributed by atoms with van der Waals surface area (Å²) in [6.45, 7) is 0. The second kappa shape index (κ2) is 6.65. The Morgan fingerprint density at radius 3 is 1.65 bits per heavy atom. The third kappa shape index (κ3) is 3.88. The molecule has 0 aliphatic heterocycles. The van der Waals surface area contributed by atoms with E-state index in [9.17, 15) is 24.9 Å². The van der Waals surface area contributed by atoms with Crippen LogP contribution in [-0.4, -0.2) is 32.4 Å². The molecule has 6 nitrogen and oxygen atoms in total. The van der Waals surface area contributed by atoms with E-state index in [0.717, 1.165) is 0 Å². The zero-order valence-corrected chi connectivity index (χ0v) is 11.9. The molecule has 2 rings (SSSR count). The minimum Gasteiger partial charge on any atom is -0.508 e. The fourth-order valence-electron chi connectivity index (χ4n) is 2.26. The van der Waals surface area contributed by atoms with Crippen LogP contribution < -0.4 is 0 Å². The van der Waals surface area contributed by atoms with Crippen LogP contribution in [0.4, 0.5) is 0 Å². The highest BCUT2D eigenvalue weighted by Gasteiger charge is 2.21. The highest BCUT2D eigenvalue weighted by Crippen LogP contribution is 2.32. The summed E-state index contributed by atoms with van der Waals surface area (Å²) < 4.78 is 0. The number of phenolic OH excluding ortho intramolecular Hbond substituents is 2. The first-order chi connectivity index (χ1) is 10.9. The van der Waals surface area contributed by atoms with Crippen LogP contribution in [0.2, 0.25) is 0 Å². The molecule has 118 valence electrons. The quantitative estimate of drug-likeness (QED) is 0.630. The average molecular weight is 314 g/mol. The topological polar surface area (TPSA) is 115 Å². The van der Waals surface area contributed by atoms with Crippen molar-refractivity contribution < 1.29 is 30.0 Å². The molecule has 2 aromatic carbocycles. The number of aliphatic carboxylic acids is 2. The van der Waals surface area contributed by atoms with E-state index in [1.54, 1.807) is 12.1 Å². The van der Waals surface area contributed by atoms with Crippen LogP contribution in [0.15, 0.2) is 54.1 Å². The summed E-state index contributed by atoms with van der Waals surface area (Å²) >= 11 is 0. The molecule has 0 atom stereocenters. The Bertz CT molecular complexity index is 744. The normalized spacial score (nSPS) is 10.1. The van der Waals surface area contributed by atoms with Crippen molar-refractivity contribution in [2.45, 2.75) is 6.42 Å². The molecule has 0 aliphatic rings. The Labute approximate surface area is 131 Å². The van der Waals surface area contributed by atoms with Crippen molar-refractivity contribution in [3.63, 3.8) is 0 Å². The molecule has 0 fully saturated rings. The van der Waals surface area contributed by atoms with E-state index in [0.29, 0.717) is 11.1 Å². The lowest BCUT2D eigenvalue weighted by atomic mass is 9.91. The van der Waals surface area contributed by atoms with Crippen LogP contribution in [0.1, 0.15) is 17.5 Å². The summed E-state index contributed by atoms with van der Waals surface area (Å²) in [6, 6.07) is 11.7. The third-order valence-corrected chi connectivity index (χ3v) is 3.16. The molecule has 0 amide bonds. The van der Waals surface area contributed by atoms with Crippen LogP contribution >= 0.6 is 0 Å². The molecule has 23 heavy (non-hydrogen) atoms. The van der Waals surface area contributed by atoms with Gasteiger partial charge >= 0.3 is 11.9 Å². The maximum Gasteiger partial charge on any atom is 0.332 e. The number of aromatic hydroxyl groups is 2. The van der Waals surface area contributed by atoms with Crippen molar-refractivity contribution in [1.82, 2.24) is 0 Å². The maximum absolute atomic E-state index is 11.5. The van der Waals surface area contributed by atoms with Gasteiger partial charge in [0, 0.05) is 5.57 Å². The van der Waals surface area contributed by atoms with Gasteiger partial charge in [-0.3, -0.25) is 4.79 Å². The number of rotatable bonds is 5. The molecule has 0 saturated carbocycles. The summed E-state index contributed by atoms with van der Waals surface area (Å²) in [6.07, 6.45) is -0.698. The Morgan fingerprint density at radius 2 is 1.30 bits per heavy atom. The number of hydrogen-bond donors (Lipinski definition) is 4. The summed E-state index contributed by atoms with van der Waals surface area (Å²) in [4.78, 5) is 22.6. The fraction of sp³-hybridized carbons (Fsp3) is 0.0588. The Balaban J connectivity index is 2.77. The Morgan fingerprint density at radius 1 is 0.826 bits per heavy atom. The van der Waals surface area contributed by atoms with Crippen molar-refractivity contribution in [3.8, 4) is 11.5 Å². The number of carbonyl (C=O) groups is 2. The summed E-state index contributed by atoms with van der Waals surface area (Å²) in [5.74, 6) is -2.84.